The van der Waals surface area contributed by atoms with Gasteiger partial charge in [0.1, 0.15) is 6.04 Å². The van der Waals surface area contributed by atoms with E-state index in [1.165, 1.54) is 10.4 Å². The molecule has 0 aliphatic heterocycles. The maximum atomic E-state index is 11.8. The number of carbonyl (C=O) groups is 2. The van der Waals surface area contributed by atoms with E-state index < -0.39 is 11.9 Å². The van der Waals surface area contributed by atoms with Crippen LogP contribution in [0.15, 0.2) is 0 Å². The highest BCUT2D eigenvalue weighted by Gasteiger charge is 2.47. The summed E-state index contributed by atoms with van der Waals surface area (Å²) < 4.78 is 0. The Labute approximate surface area is 83.0 Å². The molecule has 1 unspecified atom stereocenters. The SMILES string of the molecule is CC(C(=O)NO)N(C)C(=O)C1(C)CC1. The van der Waals surface area contributed by atoms with Crippen molar-refractivity contribution in [2.75, 3.05) is 7.05 Å². The van der Waals surface area contributed by atoms with Crippen molar-refractivity contribution >= 4 is 11.8 Å². The van der Waals surface area contributed by atoms with Crippen LogP contribution < -0.4 is 5.48 Å². The number of likely N-dealkylation sites (N-methyl/N-ethyl adjacent to an activating group) is 1. The van der Waals surface area contributed by atoms with Crippen LogP contribution in [0.2, 0.25) is 0 Å². The van der Waals surface area contributed by atoms with Gasteiger partial charge in [-0.3, -0.25) is 14.8 Å². The first-order chi connectivity index (χ1) is 6.42. The van der Waals surface area contributed by atoms with Gasteiger partial charge in [0.25, 0.3) is 5.91 Å². The van der Waals surface area contributed by atoms with Crippen molar-refractivity contribution in [1.29, 1.82) is 0 Å². The van der Waals surface area contributed by atoms with Gasteiger partial charge in [0, 0.05) is 12.5 Å². The fourth-order valence-electron chi connectivity index (χ4n) is 1.27. The number of nitrogens with zero attached hydrogens (tertiary/aromatic N) is 1. The van der Waals surface area contributed by atoms with Crippen LogP contribution >= 0.6 is 0 Å². The van der Waals surface area contributed by atoms with Crippen molar-refractivity contribution < 1.29 is 14.8 Å². The Kier molecular flexibility index (Phi) is 2.80. The van der Waals surface area contributed by atoms with Gasteiger partial charge in [0.05, 0.1) is 0 Å². The average molecular weight is 200 g/mol. The molecule has 2 amide bonds. The summed E-state index contributed by atoms with van der Waals surface area (Å²) in [5.74, 6) is -0.598. The number of carbonyl (C=O) groups excluding carboxylic acids is 2. The first kappa shape index (κ1) is 11.0. The summed E-state index contributed by atoms with van der Waals surface area (Å²) in [6.07, 6.45) is 1.76. The predicted octanol–water partition coefficient (Wildman–Crippen LogP) is 0.139. The molecule has 80 valence electrons. The summed E-state index contributed by atoms with van der Waals surface area (Å²) in [4.78, 5) is 24.2. The van der Waals surface area contributed by atoms with Crippen molar-refractivity contribution in [3.8, 4) is 0 Å². The predicted molar refractivity (Wildman–Crippen MR) is 49.5 cm³/mol. The van der Waals surface area contributed by atoms with Gasteiger partial charge in [-0.05, 0) is 19.8 Å². The van der Waals surface area contributed by atoms with E-state index in [9.17, 15) is 9.59 Å². The maximum Gasteiger partial charge on any atom is 0.265 e. The van der Waals surface area contributed by atoms with Gasteiger partial charge in [-0.1, -0.05) is 6.92 Å². The summed E-state index contributed by atoms with van der Waals surface area (Å²) in [6.45, 7) is 3.46. The quantitative estimate of drug-likeness (QED) is 0.503. The van der Waals surface area contributed by atoms with Crippen LogP contribution in [0.3, 0.4) is 0 Å². The van der Waals surface area contributed by atoms with Gasteiger partial charge in [-0.2, -0.15) is 0 Å². The standard InChI is InChI=1S/C9H16N2O3/c1-6(7(12)10-14)11(3)8(13)9(2)4-5-9/h6,14H,4-5H2,1-3H3,(H,10,12). The highest BCUT2D eigenvalue weighted by atomic mass is 16.5. The second-order valence-electron chi connectivity index (χ2n) is 4.13. The molecule has 5 nitrogen and oxygen atoms in total. The fourth-order valence-corrected chi connectivity index (χ4v) is 1.27. The molecule has 0 aromatic heterocycles. The minimum Gasteiger partial charge on any atom is -0.333 e. The molecule has 1 fully saturated rings. The van der Waals surface area contributed by atoms with E-state index in [1.54, 1.807) is 14.0 Å². The topological polar surface area (TPSA) is 69.6 Å². The third-order valence-electron chi connectivity index (χ3n) is 2.91. The molecule has 0 spiro atoms. The van der Waals surface area contributed by atoms with Crippen molar-refractivity contribution in [2.24, 2.45) is 5.41 Å². The Morgan fingerprint density at radius 3 is 2.36 bits per heavy atom. The Morgan fingerprint density at radius 1 is 1.50 bits per heavy atom. The fraction of sp³-hybridized carbons (Fsp3) is 0.778. The summed E-state index contributed by atoms with van der Waals surface area (Å²) in [5, 5.41) is 8.42. The Balaban J connectivity index is 2.60. The minimum absolute atomic E-state index is 0.0337. The van der Waals surface area contributed by atoms with E-state index in [4.69, 9.17) is 5.21 Å². The van der Waals surface area contributed by atoms with E-state index in [2.05, 4.69) is 0 Å². The number of hydrogen-bond acceptors (Lipinski definition) is 3. The second-order valence-corrected chi connectivity index (χ2v) is 4.13. The zero-order valence-corrected chi connectivity index (χ0v) is 8.70. The van der Waals surface area contributed by atoms with E-state index in [1.807, 2.05) is 6.92 Å². The zero-order chi connectivity index (χ0) is 10.9. The highest BCUT2D eigenvalue weighted by molar-refractivity contribution is 5.90. The second kappa shape index (κ2) is 3.57. The highest BCUT2D eigenvalue weighted by Crippen LogP contribution is 2.46. The molecule has 1 rings (SSSR count). The number of nitrogens with one attached hydrogen (secondary N) is 1. The number of hydroxylamine groups is 1. The summed E-state index contributed by atoms with van der Waals surface area (Å²) >= 11 is 0. The molecule has 0 aromatic carbocycles. The van der Waals surface area contributed by atoms with Crippen LogP contribution in [0, 0.1) is 5.41 Å². The first-order valence-corrected chi connectivity index (χ1v) is 4.63. The van der Waals surface area contributed by atoms with Gasteiger partial charge in [-0.25, -0.2) is 5.48 Å². The molecule has 0 radical (unpaired) electrons. The summed E-state index contributed by atoms with van der Waals surface area (Å²) in [7, 11) is 1.58. The van der Waals surface area contributed by atoms with Crippen LogP contribution in [-0.2, 0) is 9.59 Å². The molecule has 14 heavy (non-hydrogen) atoms. The number of hydrogen-bond donors (Lipinski definition) is 2. The molecule has 0 bridgehead atoms. The van der Waals surface area contributed by atoms with E-state index >= 15 is 0 Å². The number of rotatable bonds is 3. The van der Waals surface area contributed by atoms with Gasteiger partial charge >= 0.3 is 0 Å². The van der Waals surface area contributed by atoms with Crippen LogP contribution in [0.25, 0.3) is 0 Å². The lowest BCUT2D eigenvalue weighted by atomic mass is 10.1. The van der Waals surface area contributed by atoms with E-state index in [0.29, 0.717) is 0 Å². The largest absolute Gasteiger partial charge is 0.333 e. The molecule has 0 saturated heterocycles. The molecule has 0 aromatic rings. The molecule has 5 heteroatoms. The first-order valence-electron chi connectivity index (χ1n) is 4.63. The van der Waals surface area contributed by atoms with Crippen molar-refractivity contribution in [2.45, 2.75) is 32.7 Å². The smallest absolute Gasteiger partial charge is 0.265 e. The zero-order valence-electron chi connectivity index (χ0n) is 8.70. The Morgan fingerprint density at radius 2 is 2.00 bits per heavy atom. The molecule has 2 N–H and O–H groups in total. The van der Waals surface area contributed by atoms with Gasteiger partial charge < -0.3 is 4.90 Å². The van der Waals surface area contributed by atoms with Crippen LogP contribution in [0.5, 0.6) is 0 Å². The lowest BCUT2D eigenvalue weighted by molar-refractivity contribution is -0.145. The minimum atomic E-state index is -0.634. The third-order valence-corrected chi connectivity index (χ3v) is 2.91. The average Bonchev–Trinajstić information content (AvgIpc) is 2.93. The van der Waals surface area contributed by atoms with Crippen LogP contribution in [-0.4, -0.2) is 35.0 Å². The van der Waals surface area contributed by atoms with Gasteiger partial charge in [-0.15, -0.1) is 0 Å². The van der Waals surface area contributed by atoms with Gasteiger partial charge in [0.15, 0.2) is 0 Å². The normalized spacial score (nSPS) is 19.7. The van der Waals surface area contributed by atoms with Crippen LogP contribution in [0.4, 0.5) is 0 Å². The molecule has 1 aliphatic rings. The monoisotopic (exact) mass is 200 g/mol. The summed E-state index contributed by atoms with van der Waals surface area (Å²) in [6, 6.07) is -0.634. The van der Waals surface area contributed by atoms with E-state index in [0.717, 1.165) is 12.8 Å². The van der Waals surface area contributed by atoms with Crippen LogP contribution in [0.1, 0.15) is 26.7 Å². The molecular weight excluding hydrogens is 184 g/mol. The molecule has 1 saturated carbocycles. The number of amides is 2. The molecule has 1 aliphatic carbocycles. The molecule has 0 heterocycles. The van der Waals surface area contributed by atoms with Crippen molar-refractivity contribution in [3.63, 3.8) is 0 Å². The summed E-state index contributed by atoms with van der Waals surface area (Å²) in [5.41, 5.74) is 1.26. The molecule has 1 atom stereocenters. The third kappa shape index (κ3) is 1.87. The lowest BCUT2D eigenvalue weighted by Gasteiger charge is -2.25. The van der Waals surface area contributed by atoms with Gasteiger partial charge in [0.2, 0.25) is 5.91 Å². The van der Waals surface area contributed by atoms with Crippen molar-refractivity contribution in [3.05, 3.63) is 0 Å². The molecular formula is C9H16N2O3. The lowest BCUT2D eigenvalue weighted by Crippen LogP contribution is -2.47. The Hall–Kier alpha value is -1.10. The van der Waals surface area contributed by atoms with E-state index in [-0.39, 0.29) is 11.3 Å². The maximum absolute atomic E-state index is 11.8. The van der Waals surface area contributed by atoms with Crippen molar-refractivity contribution in [1.82, 2.24) is 10.4 Å². The Bertz CT molecular complexity index is 261.